The minimum absolute atomic E-state index is 0.0162. The van der Waals surface area contributed by atoms with Gasteiger partial charge in [-0.15, -0.1) is 0 Å². The molecule has 1 saturated heterocycles. The van der Waals surface area contributed by atoms with Crippen molar-refractivity contribution in [2.45, 2.75) is 18.9 Å². The van der Waals surface area contributed by atoms with Crippen LogP contribution in [0.5, 0.6) is 0 Å². The predicted octanol–water partition coefficient (Wildman–Crippen LogP) is -0.920. The molecule has 2 aliphatic rings. The highest BCUT2D eigenvalue weighted by Gasteiger charge is 2.28. The molecule has 0 aliphatic carbocycles. The maximum Gasteiger partial charge on any atom is 0.277 e. The molecule has 3 heterocycles. The van der Waals surface area contributed by atoms with Crippen molar-refractivity contribution in [3.8, 4) is 0 Å². The normalized spacial score (nSPS) is 19.9. The third-order valence-electron chi connectivity index (χ3n) is 3.54. The molecule has 5 N–H and O–H groups in total. The summed E-state index contributed by atoms with van der Waals surface area (Å²) in [7, 11) is 0. The van der Waals surface area contributed by atoms with E-state index in [-0.39, 0.29) is 35.0 Å². The number of amides is 1. The number of carbonyl (C=O) groups excluding carboxylic acids is 2. The standard InChI is InChI=1S/C12H16N6O3S/c13-12-16-9-8(10(20)17-12)14-5-18(9)3-1-7(19)15-6-2-4-22-11(6)21/h6,14H,1-5H2,(H,15,19)(H3,13,16,17,20). The third kappa shape index (κ3) is 2.86. The van der Waals surface area contributed by atoms with Gasteiger partial charge in [-0.1, -0.05) is 11.8 Å². The van der Waals surface area contributed by atoms with Crippen LogP contribution in [-0.2, 0) is 9.59 Å². The molecule has 1 fully saturated rings. The van der Waals surface area contributed by atoms with Gasteiger partial charge < -0.3 is 21.3 Å². The van der Waals surface area contributed by atoms with E-state index < -0.39 is 0 Å². The van der Waals surface area contributed by atoms with Gasteiger partial charge in [-0.2, -0.15) is 4.98 Å². The maximum atomic E-state index is 11.9. The average Bonchev–Trinajstić information content (AvgIpc) is 3.04. The summed E-state index contributed by atoms with van der Waals surface area (Å²) in [6.45, 7) is 0.774. The number of H-pyrrole nitrogens is 1. The van der Waals surface area contributed by atoms with Gasteiger partial charge in [0.1, 0.15) is 5.69 Å². The lowest BCUT2D eigenvalue weighted by atomic mass is 10.2. The maximum absolute atomic E-state index is 11.9. The third-order valence-corrected chi connectivity index (χ3v) is 4.55. The van der Waals surface area contributed by atoms with Gasteiger partial charge in [0.05, 0.1) is 12.7 Å². The number of rotatable bonds is 4. The summed E-state index contributed by atoms with van der Waals surface area (Å²) in [6.07, 6.45) is 0.890. The Balaban J connectivity index is 1.58. The molecule has 1 amide bonds. The van der Waals surface area contributed by atoms with E-state index >= 15 is 0 Å². The minimum Gasteiger partial charge on any atom is -0.369 e. The molecule has 0 saturated carbocycles. The fraction of sp³-hybridized carbons (Fsp3) is 0.500. The van der Waals surface area contributed by atoms with Crippen LogP contribution in [0.15, 0.2) is 4.79 Å². The highest BCUT2D eigenvalue weighted by molar-refractivity contribution is 8.14. The number of aromatic nitrogens is 2. The fourth-order valence-corrected chi connectivity index (χ4v) is 3.36. The largest absolute Gasteiger partial charge is 0.369 e. The Kier molecular flexibility index (Phi) is 3.92. The fourth-order valence-electron chi connectivity index (χ4n) is 2.43. The lowest BCUT2D eigenvalue weighted by Crippen LogP contribution is -2.39. The molecular formula is C12H16N6O3S. The predicted molar refractivity (Wildman–Crippen MR) is 83.7 cm³/mol. The molecule has 118 valence electrons. The molecule has 1 unspecified atom stereocenters. The second-order valence-corrected chi connectivity index (χ2v) is 6.17. The van der Waals surface area contributed by atoms with Gasteiger partial charge in [0.2, 0.25) is 17.0 Å². The van der Waals surface area contributed by atoms with Crippen molar-refractivity contribution in [1.82, 2.24) is 15.3 Å². The first kappa shape index (κ1) is 14.7. The van der Waals surface area contributed by atoms with Crippen LogP contribution in [-0.4, -0.2) is 46.0 Å². The van der Waals surface area contributed by atoms with Crippen LogP contribution in [0.3, 0.4) is 0 Å². The summed E-state index contributed by atoms with van der Waals surface area (Å²) in [5, 5.41) is 5.67. The van der Waals surface area contributed by atoms with Crippen molar-refractivity contribution < 1.29 is 9.59 Å². The second kappa shape index (κ2) is 5.87. The number of fused-ring (bicyclic) bond motifs is 1. The van der Waals surface area contributed by atoms with Crippen LogP contribution in [0, 0.1) is 0 Å². The Bertz CT molecular complexity index is 675. The first-order valence-electron chi connectivity index (χ1n) is 6.89. The van der Waals surface area contributed by atoms with Gasteiger partial charge in [-0.25, -0.2) is 0 Å². The van der Waals surface area contributed by atoms with Crippen molar-refractivity contribution >= 4 is 40.2 Å². The van der Waals surface area contributed by atoms with E-state index in [0.717, 1.165) is 5.75 Å². The SMILES string of the molecule is Nc1nc2c(c(=O)[nH]1)NCN2CCC(=O)NC1CCSC1=O. The zero-order valence-corrected chi connectivity index (χ0v) is 12.5. The molecular weight excluding hydrogens is 308 g/mol. The first-order chi connectivity index (χ1) is 10.5. The molecule has 1 atom stereocenters. The van der Waals surface area contributed by atoms with E-state index in [1.807, 2.05) is 0 Å². The lowest BCUT2D eigenvalue weighted by molar-refractivity contribution is -0.124. The van der Waals surface area contributed by atoms with Crippen molar-refractivity contribution in [2.75, 3.05) is 34.9 Å². The second-order valence-electron chi connectivity index (χ2n) is 5.07. The molecule has 0 aromatic carbocycles. The molecule has 0 radical (unpaired) electrons. The van der Waals surface area contributed by atoms with Gasteiger partial charge in [0.15, 0.2) is 5.82 Å². The number of carbonyl (C=O) groups is 2. The zero-order valence-electron chi connectivity index (χ0n) is 11.7. The van der Waals surface area contributed by atoms with Crippen LogP contribution >= 0.6 is 11.8 Å². The Morgan fingerprint density at radius 2 is 2.32 bits per heavy atom. The number of hydrogen-bond acceptors (Lipinski definition) is 8. The molecule has 0 bridgehead atoms. The Hall–Kier alpha value is -2.23. The van der Waals surface area contributed by atoms with Gasteiger partial charge in [-0.3, -0.25) is 19.4 Å². The molecule has 2 aliphatic heterocycles. The van der Waals surface area contributed by atoms with Gasteiger partial charge in [0.25, 0.3) is 5.56 Å². The van der Waals surface area contributed by atoms with Crippen LogP contribution in [0.25, 0.3) is 0 Å². The van der Waals surface area contributed by atoms with Crippen LogP contribution in [0.4, 0.5) is 17.5 Å². The lowest BCUT2D eigenvalue weighted by Gasteiger charge is -2.17. The van der Waals surface area contributed by atoms with Crippen LogP contribution in [0.2, 0.25) is 0 Å². The quantitative estimate of drug-likeness (QED) is 0.559. The number of nitrogens with zero attached hydrogens (tertiary/aromatic N) is 2. The molecule has 0 spiro atoms. The van der Waals surface area contributed by atoms with E-state index in [2.05, 4.69) is 20.6 Å². The van der Waals surface area contributed by atoms with Gasteiger partial charge in [-0.05, 0) is 6.42 Å². The Morgan fingerprint density at radius 1 is 1.50 bits per heavy atom. The van der Waals surface area contributed by atoms with Gasteiger partial charge in [0, 0.05) is 18.7 Å². The molecule has 3 rings (SSSR count). The smallest absolute Gasteiger partial charge is 0.277 e. The number of aromatic amines is 1. The van der Waals surface area contributed by atoms with E-state index in [1.165, 1.54) is 11.8 Å². The number of hydrogen-bond donors (Lipinski definition) is 4. The monoisotopic (exact) mass is 324 g/mol. The first-order valence-corrected chi connectivity index (χ1v) is 7.88. The van der Waals surface area contributed by atoms with Crippen molar-refractivity contribution in [2.24, 2.45) is 0 Å². The highest BCUT2D eigenvalue weighted by Crippen LogP contribution is 2.25. The van der Waals surface area contributed by atoms with E-state index in [1.54, 1.807) is 4.90 Å². The zero-order chi connectivity index (χ0) is 15.7. The molecule has 1 aromatic rings. The summed E-state index contributed by atoms with van der Waals surface area (Å²) in [5.74, 6) is 1.04. The average molecular weight is 324 g/mol. The number of nitrogens with one attached hydrogen (secondary N) is 3. The number of nitrogen functional groups attached to an aromatic ring is 1. The molecule has 22 heavy (non-hydrogen) atoms. The van der Waals surface area contributed by atoms with Crippen molar-refractivity contribution in [1.29, 1.82) is 0 Å². The number of nitrogens with two attached hydrogens (primary N) is 1. The van der Waals surface area contributed by atoms with E-state index in [0.29, 0.717) is 31.1 Å². The van der Waals surface area contributed by atoms with Crippen LogP contribution < -0.4 is 26.8 Å². The molecule has 1 aromatic heterocycles. The van der Waals surface area contributed by atoms with Gasteiger partial charge >= 0.3 is 0 Å². The molecule has 9 nitrogen and oxygen atoms in total. The topological polar surface area (TPSA) is 133 Å². The summed E-state index contributed by atoms with van der Waals surface area (Å²) in [5.41, 5.74) is 5.56. The number of anilines is 3. The van der Waals surface area contributed by atoms with Crippen LogP contribution in [0.1, 0.15) is 12.8 Å². The van der Waals surface area contributed by atoms with Crippen molar-refractivity contribution in [3.05, 3.63) is 10.4 Å². The molecule has 10 heteroatoms. The minimum atomic E-state index is -0.377. The summed E-state index contributed by atoms with van der Waals surface area (Å²) < 4.78 is 0. The summed E-state index contributed by atoms with van der Waals surface area (Å²) >= 11 is 1.25. The Morgan fingerprint density at radius 3 is 3.05 bits per heavy atom. The number of thioether (sulfide) groups is 1. The highest BCUT2D eigenvalue weighted by atomic mass is 32.2. The summed E-state index contributed by atoms with van der Waals surface area (Å²) in [6, 6.07) is -0.377. The van der Waals surface area contributed by atoms with E-state index in [9.17, 15) is 14.4 Å². The van der Waals surface area contributed by atoms with E-state index in [4.69, 9.17) is 5.73 Å². The summed E-state index contributed by atoms with van der Waals surface area (Å²) in [4.78, 5) is 43.4. The van der Waals surface area contributed by atoms with Crippen molar-refractivity contribution in [3.63, 3.8) is 0 Å². The Labute approximate surface area is 130 Å².